The summed E-state index contributed by atoms with van der Waals surface area (Å²) in [5.74, 6) is 0. The van der Waals surface area contributed by atoms with Gasteiger partial charge in [-0.3, -0.25) is 0 Å². The number of benzene rings is 1. The highest BCUT2D eigenvalue weighted by molar-refractivity contribution is 9.10. The van der Waals surface area contributed by atoms with E-state index in [1.165, 1.54) is 5.56 Å². The SMILES string of the molecule is CCC(Nc1nnc(C)s1)c1cccc(Br)c1. The highest BCUT2D eigenvalue weighted by atomic mass is 79.9. The number of aromatic nitrogens is 2. The van der Waals surface area contributed by atoms with Crippen LogP contribution in [0, 0.1) is 6.92 Å². The molecule has 2 rings (SSSR count). The van der Waals surface area contributed by atoms with Gasteiger partial charge in [0.25, 0.3) is 0 Å². The molecule has 1 aromatic carbocycles. The summed E-state index contributed by atoms with van der Waals surface area (Å²) < 4.78 is 1.10. The lowest BCUT2D eigenvalue weighted by molar-refractivity contribution is 0.745. The number of halogens is 1. The van der Waals surface area contributed by atoms with Crippen LogP contribution >= 0.6 is 27.3 Å². The molecule has 0 fully saturated rings. The van der Waals surface area contributed by atoms with Crippen LogP contribution in [-0.2, 0) is 0 Å². The molecule has 17 heavy (non-hydrogen) atoms. The summed E-state index contributed by atoms with van der Waals surface area (Å²) in [6.45, 7) is 4.12. The Labute approximate surface area is 113 Å². The number of hydrogen-bond donors (Lipinski definition) is 1. The van der Waals surface area contributed by atoms with Crippen molar-refractivity contribution < 1.29 is 0 Å². The molecule has 0 aliphatic rings. The van der Waals surface area contributed by atoms with E-state index in [1.54, 1.807) is 11.3 Å². The molecule has 3 nitrogen and oxygen atoms in total. The number of nitrogens with one attached hydrogen (secondary N) is 1. The van der Waals surface area contributed by atoms with E-state index in [1.807, 2.05) is 13.0 Å². The minimum atomic E-state index is 0.278. The Morgan fingerprint density at radius 2 is 2.24 bits per heavy atom. The van der Waals surface area contributed by atoms with Gasteiger partial charge in [0, 0.05) is 4.47 Å². The quantitative estimate of drug-likeness (QED) is 0.920. The topological polar surface area (TPSA) is 37.8 Å². The zero-order valence-corrected chi connectivity index (χ0v) is 12.2. The first-order valence-electron chi connectivity index (χ1n) is 5.51. The van der Waals surface area contributed by atoms with Gasteiger partial charge in [-0.2, -0.15) is 0 Å². The van der Waals surface area contributed by atoms with Crippen molar-refractivity contribution in [2.45, 2.75) is 26.3 Å². The van der Waals surface area contributed by atoms with Gasteiger partial charge in [-0.05, 0) is 31.0 Å². The van der Waals surface area contributed by atoms with Crippen molar-refractivity contribution in [1.82, 2.24) is 10.2 Å². The molecule has 2 aromatic rings. The fraction of sp³-hybridized carbons (Fsp3) is 0.333. The summed E-state index contributed by atoms with van der Waals surface area (Å²) in [7, 11) is 0. The molecule has 1 unspecified atom stereocenters. The molecule has 0 spiro atoms. The average Bonchev–Trinajstić information content (AvgIpc) is 2.72. The summed E-state index contributed by atoms with van der Waals surface area (Å²) in [6, 6.07) is 8.62. The third-order valence-electron chi connectivity index (χ3n) is 2.48. The zero-order valence-electron chi connectivity index (χ0n) is 9.77. The Morgan fingerprint density at radius 1 is 1.41 bits per heavy atom. The molecule has 1 N–H and O–H groups in total. The van der Waals surface area contributed by atoms with Crippen molar-refractivity contribution in [3.8, 4) is 0 Å². The van der Waals surface area contributed by atoms with Crippen LogP contribution in [0.2, 0.25) is 0 Å². The zero-order chi connectivity index (χ0) is 12.3. The highest BCUT2D eigenvalue weighted by Crippen LogP contribution is 2.26. The van der Waals surface area contributed by atoms with Gasteiger partial charge in [0.1, 0.15) is 5.01 Å². The predicted octanol–water partition coefficient (Wildman–Crippen LogP) is 4.17. The fourth-order valence-corrected chi connectivity index (χ4v) is 2.71. The summed E-state index contributed by atoms with van der Waals surface area (Å²) >= 11 is 5.08. The molecule has 0 aliphatic heterocycles. The minimum absolute atomic E-state index is 0.278. The predicted molar refractivity (Wildman–Crippen MR) is 75.4 cm³/mol. The normalized spacial score (nSPS) is 12.4. The van der Waals surface area contributed by atoms with E-state index in [0.29, 0.717) is 0 Å². The van der Waals surface area contributed by atoms with E-state index in [-0.39, 0.29) is 6.04 Å². The maximum absolute atomic E-state index is 4.10. The Kier molecular flexibility index (Phi) is 4.12. The van der Waals surface area contributed by atoms with Gasteiger partial charge >= 0.3 is 0 Å². The van der Waals surface area contributed by atoms with Gasteiger partial charge < -0.3 is 5.32 Å². The van der Waals surface area contributed by atoms with Gasteiger partial charge in [-0.15, -0.1) is 10.2 Å². The molecule has 0 amide bonds. The second kappa shape index (κ2) is 5.60. The summed E-state index contributed by atoms with van der Waals surface area (Å²) in [4.78, 5) is 0. The van der Waals surface area contributed by atoms with Crippen LogP contribution in [0.25, 0.3) is 0 Å². The third-order valence-corrected chi connectivity index (χ3v) is 3.75. The first-order chi connectivity index (χ1) is 8.19. The van der Waals surface area contributed by atoms with Crippen molar-refractivity contribution in [1.29, 1.82) is 0 Å². The Bertz CT molecular complexity index is 498. The Morgan fingerprint density at radius 3 is 2.82 bits per heavy atom. The maximum Gasteiger partial charge on any atom is 0.206 e. The van der Waals surface area contributed by atoms with E-state index in [2.05, 4.69) is 56.6 Å². The van der Waals surface area contributed by atoms with Crippen LogP contribution < -0.4 is 5.32 Å². The lowest BCUT2D eigenvalue weighted by Gasteiger charge is -2.16. The van der Waals surface area contributed by atoms with E-state index < -0.39 is 0 Å². The number of nitrogens with zero attached hydrogens (tertiary/aromatic N) is 2. The van der Waals surface area contributed by atoms with Gasteiger partial charge in [0.05, 0.1) is 6.04 Å². The monoisotopic (exact) mass is 311 g/mol. The molecule has 0 saturated carbocycles. The second-order valence-corrected chi connectivity index (χ2v) is 5.88. The molecule has 1 heterocycles. The number of aryl methyl sites for hydroxylation is 1. The van der Waals surface area contributed by atoms with Gasteiger partial charge in [-0.1, -0.05) is 46.3 Å². The first-order valence-corrected chi connectivity index (χ1v) is 7.12. The molecule has 90 valence electrons. The van der Waals surface area contributed by atoms with Crippen LogP contribution in [0.4, 0.5) is 5.13 Å². The van der Waals surface area contributed by atoms with Gasteiger partial charge in [0.2, 0.25) is 5.13 Å². The van der Waals surface area contributed by atoms with Crippen LogP contribution in [0.1, 0.15) is 30.0 Å². The molecule has 0 bridgehead atoms. The number of rotatable bonds is 4. The van der Waals surface area contributed by atoms with Crippen molar-refractivity contribution in [2.24, 2.45) is 0 Å². The second-order valence-electron chi connectivity index (χ2n) is 3.79. The van der Waals surface area contributed by atoms with Crippen molar-refractivity contribution in [2.75, 3.05) is 5.32 Å². The lowest BCUT2D eigenvalue weighted by Crippen LogP contribution is -2.09. The van der Waals surface area contributed by atoms with E-state index >= 15 is 0 Å². The van der Waals surface area contributed by atoms with Crippen molar-refractivity contribution in [3.63, 3.8) is 0 Å². The van der Waals surface area contributed by atoms with Crippen molar-refractivity contribution >= 4 is 32.4 Å². The van der Waals surface area contributed by atoms with Crippen LogP contribution in [0.15, 0.2) is 28.7 Å². The molecular weight excluding hydrogens is 298 g/mol. The summed E-state index contributed by atoms with van der Waals surface area (Å²) in [5, 5.41) is 13.4. The van der Waals surface area contributed by atoms with E-state index in [0.717, 1.165) is 21.0 Å². The van der Waals surface area contributed by atoms with E-state index in [4.69, 9.17) is 0 Å². The molecule has 1 aromatic heterocycles. The largest absolute Gasteiger partial charge is 0.353 e. The highest BCUT2D eigenvalue weighted by Gasteiger charge is 2.11. The standard InChI is InChI=1S/C12H14BrN3S/c1-3-11(9-5-4-6-10(13)7-9)14-12-16-15-8(2)17-12/h4-7,11H,3H2,1-2H3,(H,14,16). The molecule has 0 aliphatic carbocycles. The van der Waals surface area contributed by atoms with Crippen LogP contribution in [0.3, 0.4) is 0 Å². The summed E-state index contributed by atoms with van der Waals surface area (Å²) in [5.41, 5.74) is 1.26. The Balaban J connectivity index is 2.16. The maximum atomic E-state index is 4.10. The first kappa shape index (κ1) is 12.5. The number of hydrogen-bond acceptors (Lipinski definition) is 4. The molecule has 1 atom stereocenters. The average molecular weight is 312 g/mol. The third kappa shape index (κ3) is 3.26. The Hall–Kier alpha value is -0.940. The molecule has 5 heteroatoms. The van der Waals surface area contributed by atoms with Crippen LogP contribution in [-0.4, -0.2) is 10.2 Å². The van der Waals surface area contributed by atoms with Crippen LogP contribution in [0.5, 0.6) is 0 Å². The smallest absolute Gasteiger partial charge is 0.206 e. The van der Waals surface area contributed by atoms with E-state index in [9.17, 15) is 0 Å². The molecular formula is C12H14BrN3S. The summed E-state index contributed by atoms with van der Waals surface area (Å²) in [6.07, 6.45) is 1.01. The lowest BCUT2D eigenvalue weighted by atomic mass is 10.1. The number of anilines is 1. The van der Waals surface area contributed by atoms with Gasteiger partial charge in [0.15, 0.2) is 0 Å². The minimum Gasteiger partial charge on any atom is -0.353 e. The fourth-order valence-electron chi connectivity index (χ4n) is 1.65. The molecule has 0 radical (unpaired) electrons. The van der Waals surface area contributed by atoms with Gasteiger partial charge in [-0.25, -0.2) is 0 Å². The van der Waals surface area contributed by atoms with Crippen molar-refractivity contribution in [3.05, 3.63) is 39.3 Å². The molecule has 0 saturated heterocycles.